The fraction of sp³-hybridized carbons (Fsp3) is 0.250. The van der Waals surface area contributed by atoms with Crippen LogP contribution >= 0.6 is 0 Å². The van der Waals surface area contributed by atoms with Crippen LogP contribution in [0.15, 0.2) is 80.6 Å². The summed E-state index contributed by atoms with van der Waals surface area (Å²) in [6.07, 6.45) is 7.92. The maximum atomic E-state index is 13.9. The molecule has 0 saturated heterocycles. The molecule has 0 spiro atoms. The lowest BCUT2D eigenvalue weighted by Gasteiger charge is -2.27. The molecule has 0 radical (unpaired) electrons. The van der Waals surface area contributed by atoms with Crippen LogP contribution < -0.4 is 4.74 Å². The molecule has 0 bridgehead atoms. The van der Waals surface area contributed by atoms with Crippen LogP contribution in [-0.4, -0.2) is 23.2 Å². The maximum Gasteiger partial charge on any atom is 0.281 e. The van der Waals surface area contributed by atoms with E-state index in [1.807, 2.05) is 24.3 Å². The zero-order valence-electron chi connectivity index (χ0n) is 16.7. The van der Waals surface area contributed by atoms with Crippen molar-refractivity contribution in [1.82, 2.24) is 5.01 Å². The molecule has 0 N–H and O–H groups in total. The first-order chi connectivity index (χ1) is 15.2. The molecule has 2 aliphatic rings. The SMILES string of the molecule is O=C(COc1ccccc1F)N1N=C2/C(=C/c3ccco3)CCC[C@@H]2[C@@H]1c1ccco1. The number of furan rings is 2. The predicted octanol–water partition coefficient (Wildman–Crippen LogP) is 5.21. The highest BCUT2D eigenvalue weighted by molar-refractivity contribution is 6.08. The Hall–Kier alpha value is -3.61. The van der Waals surface area contributed by atoms with E-state index >= 15 is 0 Å². The summed E-state index contributed by atoms with van der Waals surface area (Å²) >= 11 is 0. The number of hydrogen-bond donors (Lipinski definition) is 0. The number of hydrazone groups is 1. The van der Waals surface area contributed by atoms with Crippen molar-refractivity contribution in [3.63, 3.8) is 0 Å². The van der Waals surface area contributed by atoms with Crippen LogP contribution in [0.5, 0.6) is 5.75 Å². The molecule has 7 heteroatoms. The van der Waals surface area contributed by atoms with Crippen LogP contribution in [0, 0.1) is 11.7 Å². The van der Waals surface area contributed by atoms with E-state index in [1.54, 1.807) is 30.7 Å². The number of carbonyl (C=O) groups is 1. The summed E-state index contributed by atoms with van der Waals surface area (Å²) in [5, 5.41) is 6.13. The number of para-hydroxylation sites is 1. The first-order valence-electron chi connectivity index (χ1n) is 10.3. The lowest BCUT2D eigenvalue weighted by molar-refractivity contribution is -0.136. The Morgan fingerprint density at radius 1 is 1.16 bits per heavy atom. The first-order valence-corrected chi connectivity index (χ1v) is 10.3. The highest BCUT2D eigenvalue weighted by Crippen LogP contribution is 2.44. The highest BCUT2D eigenvalue weighted by atomic mass is 19.1. The third-order valence-electron chi connectivity index (χ3n) is 5.64. The monoisotopic (exact) mass is 420 g/mol. The van der Waals surface area contributed by atoms with Crippen LogP contribution in [0.25, 0.3) is 6.08 Å². The predicted molar refractivity (Wildman–Crippen MR) is 112 cm³/mol. The minimum atomic E-state index is -0.511. The van der Waals surface area contributed by atoms with Crippen LogP contribution in [0.1, 0.15) is 36.8 Å². The number of benzene rings is 1. The summed E-state index contributed by atoms with van der Waals surface area (Å²) in [5.41, 5.74) is 1.91. The van der Waals surface area contributed by atoms with Crippen LogP contribution in [0.4, 0.5) is 4.39 Å². The fourth-order valence-corrected chi connectivity index (χ4v) is 4.26. The van der Waals surface area contributed by atoms with Crippen molar-refractivity contribution in [1.29, 1.82) is 0 Å². The molecule has 1 fully saturated rings. The molecule has 3 aromatic rings. The summed E-state index contributed by atoms with van der Waals surface area (Å²) in [6, 6.07) is 13.0. The Labute approximate surface area is 178 Å². The zero-order valence-corrected chi connectivity index (χ0v) is 16.7. The van der Waals surface area contributed by atoms with Crippen LogP contribution in [-0.2, 0) is 4.79 Å². The van der Waals surface area contributed by atoms with Gasteiger partial charge in [0.1, 0.15) is 17.6 Å². The topological polar surface area (TPSA) is 68.2 Å². The quantitative estimate of drug-likeness (QED) is 0.568. The molecule has 158 valence electrons. The van der Waals surface area contributed by atoms with Crippen molar-refractivity contribution in [3.05, 3.63) is 84.0 Å². The Balaban J connectivity index is 1.44. The van der Waals surface area contributed by atoms with Gasteiger partial charge in [0.2, 0.25) is 0 Å². The standard InChI is InChI=1S/C24H21FN2O4/c25-19-9-1-2-10-20(19)31-15-22(28)27-24(21-11-5-13-30-21)18-8-3-6-16(23(18)26-27)14-17-7-4-12-29-17/h1-2,4-5,7,9-14,18,24H,3,6,8,15H2/b16-14+/t18-,24+/m0/s1. The van der Waals surface area contributed by atoms with Crippen molar-refractivity contribution in [2.75, 3.05) is 6.61 Å². The molecule has 5 rings (SSSR count). The summed E-state index contributed by atoms with van der Waals surface area (Å²) in [6.45, 7) is -0.321. The molecule has 1 aliphatic carbocycles. The zero-order chi connectivity index (χ0) is 21.2. The lowest BCUT2D eigenvalue weighted by Crippen LogP contribution is -2.34. The van der Waals surface area contributed by atoms with Crippen molar-refractivity contribution >= 4 is 17.7 Å². The third-order valence-corrected chi connectivity index (χ3v) is 5.64. The van der Waals surface area contributed by atoms with Gasteiger partial charge in [0, 0.05) is 5.92 Å². The van der Waals surface area contributed by atoms with E-state index in [9.17, 15) is 9.18 Å². The third kappa shape index (κ3) is 3.79. The molecule has 3 heterocycles. The molecule has 1 aromatic carbocycles. The molecule has 31 heavy (non-hydrogen) atoms. The van der Waals surface area contributed by atoms with Crippen molar-refractivity contribution in [2.45, 2.75) is 25.3 Å². The summed E-state index contributed by atoms with van der Waals surface area (Å²) in [7, 11) is 0. The van der Waals surface area contributed by atoms with E-state index in [0.717, 1.165) is 36.3 Å². The molecule has 1 saturated carbocycles. The second-order valence-corrected chi connectivity index (χ2v) is 7.59. The minimum absolute atomic E-state index is 0.0125. The number of halogens is 1. The molecule has 0 unspecified atom stereocenters. The van der Waals surface area contributed by atoms with Gasteiger partial charge in [0.25, 0.3) is 5.91 Å². The van der Waals surface area contributed by atoms with Crippen molar-refractivity contribution < 1.29 is 22.8 Å². The molecule has 6 nitrogen and oxygen atoms in total. The number of hydrogen-bond acceptors (Lipinski definition) is 5. The second kappa shape index (κ2) is 8.26. The number of fused-ring (bicyclic) bond motifs is 1. The van der Waals surface area contributed by atoms with Gasteiger partial charge in [-0.15, -0.1) is 0 Å². The Morgan fingerprint density at radius 3 is 2.77 bits per heavy atom. The minimum Gasteiger partial charge on any atom is -0.481 e. The molecule has 1 aliphatic heterocycles. The van der Waals surface area contributed by atoms with E-state index in [-0.39, 0.29) is 30.2 Å². The number of carbonyl (C=O) groups excluding carboxylic acids is 1. The molecular weight excluding hydrogens is 399 g/mol. The number of ether oxygens (including phenoxy) is 1. The average Bonchev–Trinajstić information content (AvgIpc) is 3.53. The molecular formula is C24H21FN2O4. The Bertz CT molecular complexity index is 1120. The number of amides is 1. The average molecular weight is 420 g/mol. The van der Waals surface area contributed by atoms with Gasteiger partial charge >= 0.3 is 0 Å². The maximum absolute atomic E-state index is 13.9. The van der Waals surface area contributed by atoms with Gasteiger partial charge in [-0.25, -0.2) is 9.40 Å². The summed E-state index contributed by atoms with van der Waals surface area (Å²) in [4.78, 5) is 13.1. The normalized spacial score (nSPS) is 21.8. The van der Waals surface area contributed by atoms with Gasteiger partial charge in [0.05, 0.1) is 18.2 Å². The van der Waals surface area contributed by atoms with Gasteiger partial charge in [0.15, 0.2) is 18.2 Å². The van der Waals surface area contributed by atoms with E-state index < -0.39 is 5.82 Å². The summed E-state index contributed by atoms with van der Waals surface area (Å²) in [5.74, 6) is 0.598. The highest BCUT2D eigenvalue weighted by Gasteiger charge is 2.45. The van der Waals surface area contributed by atoms with Gasteiger partial charge < -0.3 is 13.6 Å². The van der Waals surface area contributed by atoms with Gasteiger partial charge in [-0.1, -0.05) is 12.1 Å². The largest absolute Gasteiger partial charge is 0.481 e. The van der Waals surface area contributed by atoms with Crippen LogP contribution in [0.3, 0.4) is 0 Å². The molecule has 2 atom stereocenters. The van der Waals surface area contributed by atoms with Crippen molar-refractivity contribution in [2.24, 2.45) is 11.0 Å². The van der Waals surface area contributed by atoms with E-state index in [4.69, 9.17) is 18.7 Å². The van der Waals surface area contributed by atoms with Gasteiger partial charge in [-0.3, -0.25) is 4.79 Å². The molecule has 2 aromatic heterocycles. The fourth-order valence-electron chi connectivity index (χ4n) is 4.26. The van der Waals surface area contributed by atoms with Crippen molar-refractivity contribution in [3.8, 4) is 5.75 Å². The van der Waals surface area contributed by atoms with Gasteiger partial charge in [-0.05, 0) is 67.3 Å². The number of allylic oxidation sites excluding steroid dienone is 1. The van der Waals surface area contributed by atoms with Gasteiger partial charge in [-0.2, -0.15) is 5.10 Å². The number of nitrogens with zero attached hydrogens (tertiary/aromatic N) is 2. The smallest absolute Gasteiger partial charge is 0.281 e. The van der Waals surface area contributed by atoms with Crippen LogP contribution in [0.2, 0.25) is 0 Å². The second-order valence-electron chi connectivity index (χ2n) is 7.59. The first kappa shape index (κ1) is 19.4. The Kier molecular flexibility index (Phi) is 5.16. The summed E-state index contributed by atoms with van der Waals surface area (Å²) < 4.78 is 30.5. The lowest BCUT2D eigenvalue weighted by atomic mass is 9.79. The van der Waals surface area contributed by atoms with E-state index in [2.05, 4.69) is 0 Å². The number of rotatable bonds is 5. The molecule has 1 amide bonds. The van der Waals surface area contributed by atoms with E-state index in [0.29, 0.717) is 5.76 Å². The Morgan fingerprint density at radius 2 is 2.00 bits per heavy atom. The van der Waals surface area contributed by atoms with E-state index in [1.165, 1.54) is 17.1 Å².